The molecule has 2 atom stereocenters. The van der Waals surface area contributed by atoms with E-state index in [0.29, 0.717) is 6.04 Å². The maximum absolute atomic E-state index is 6.32. The molecule has 0 amide bonds. The van der Waals surface area contributed by atoms with Gasteiger partial charge >= 0.3 is 0 Å². The van der Waals surface area contributed by atoms with Crippen LogP contribution in [0.25, 0.3) is 11.2 Å². The third-order valence-corrected chi connectivity index (χ3v) is 3.77. The Morgan fingerprint density at radius 2 is 1.95 bits per heavy atom. The summed E-state index contributed by atoms with van der Waals surface area (Å²) in [4.78, 5) is 4.73. The van der Waals surface area contributed by atoms with Crippen LogP contribution >= 0.6 is 11.6 Å². The van der Waals surface area contributed by atoms with Crippen LogP contribution in [0, 0.1) is 6.92 Å². The fourth-order valence-corrected chi connectivity index (χ4v) is 2.84. The van der Waals surface area contributed by atoms with Gasteiger partial charge in [0.2, 0.25) is 0 Å². The zero-order valence-corrected chi connectivity index (χ0v) is 13.2. The van der Waals surface area contributed by atoms with Gasteiger partial charge in [0.25, 0.3) is 0 Å². The first-order valence-corrected chi connectivity index (χ1v) is 7.54. The van der Waals surface area contributed by atoms with Gasteiger partial charge in [-0.1, -0.05) is 13.3 Å². The average Bonchev–Trinajstić information content (AvgIpc) is 2.88. The second-order valence-corrected chi connectivity index (χ2v) is 5.82. The van der Waals surface area contributed by atoms with E-state index in [0.717, 1.165) is 42.1 Å². The molecular formula is C14H23ClN4. The highest BCUT2D eigenvalue weighted by Gasteiger charge is 2.23. The quantitative estimate of drug-likeness (QED) is 0.770. The summed E-state index contributed by atoms with van der Waals surface area (Å²) in [5.41, 5.74) is 3.09. The molecule has 0 spiro atoms. The lowest BCUT2D eigenvalue weighted by atomic mass is 10.2. The topological polar surface area (TPSA) is 35.6 Å². The van der Waals surface area contributed by atoms with Crippen LogP contribution in [-0.2, 0) is 6.54 Å². The molecule has 2 aromatic heterocycles. The standard InChI is InChI=1S/C14H23ClN4/c1-6-8-9(3)19-13(10(4)15)16-12-11(5)17-18(7-2)14(12)19/h9-10H,6-8H2,1-5H3. The van der Waals surface area contributed by atoms with Gasteiger partial charge in [-0.3, -0.25) is 0 Å². The van der Waals surface area contributed by atoms with E-state index in [2.05, 4.69) is 30.4 Å². The van der Waals surface area contributed by atoms with Crippen molar-refractivity contribution in [3.8, 4) is 0 Å². The molecule has 4 nitrogen and oxygen atoms in total. The molecule has 2 unspecified atom stereocenters. The number of fused-ring (bicyclic) bond motifs is 1. The molecule has 0 saturated carbocycles. The predicted octanol–water partition coefficient (Wildman–Crippen LogP) is 4.22. The summed E-state index contributed by atoms with van der Waals surface area (Å²) < 4.78 is 4.31. The van der Waals surface area contributed by atoms with Crippen LogP contribution in [0.1, 0.15) is 63.5 Å². The zero-order valence-electron chi connectivity index (χ0n) is 12.4. The first-order chi connectivity index (χ1) is 9.01. The molecule has 0 saturated heterocycles. The Bertz CT molecular complexity index is 568. The normalized spacial score (nSPS) is 15.1. The Kier molecular flexibility index (Phi) is 4.19. The summed E-state index contributed by atoms with van der Waals surface area (Å²) in [6.45, 7) is 11.4. The molecule has 106 valence electrons. The highest BCUT2D eigenvalue weighted by molar-refractivity contribution is 6.20. The SMILES string of the molecule is CCCC(C)n1c(C(C)Cl)nc2c(C)nn(CC)c21. The van der Waals surface area contributed by atoms with E-state index >= 15 is 0 Å². The lowest BCUT2D eigenvalue weighted by molar-refractivity contribution is 0.480. The number of aryl methyl sites for hydroxylation is 2. The molecule has 19 heavy (non-hydrogen) atoms. The number of aromatic nitrogens is 4. The zero-order chi connectivity index (χ0) is 14.2. The largest absolute Gasteiger partial charge is 0.309 e. The van der Waals surface area contributed by atoms with Crippen LogP contribution in [0.5, 0.6) is 0 Å². The molecular weight excluding hydrogens is 260 g/mol. The fraction of sp³-hybridized carbons (Fsp3) is 0.714. The molecule has 0 aliphatic heterocycles. The number of alkyl halides is 1. The fourth-order valence-electron chi connectivity index (χ4n) is 2.69. The Hall–Kier alpha value is -1.03. The Morgan fingerprint density at radius 3 is 2.47 bits per heavy atom. The minimum atomic E-state index is -0.0867. The monoisotopic (exact) mass is 282 g/mol. The van der Waals surface area contributed by atoms with Gasteiger partial charge in [-0.25, -0.2) is 9.67 Å². The first-order valence-electron chi connectivity index (χ1n) is 7.10. The number of imidazole rings is 1. The van der Waals surface area contributed by atoms with Crippen molar-refractivity contribution in [2.75, 3.05) is 0 Å². The number of halogens is 1. The first kappa shape index (κ1) is 14.4. The minimum absolute atomic E-state index is 0.0867. The summed E-state index contributed by atoms with van der Waals surface area (Å²) in [5.74, 6) is 0.959. The lowest BCUT2D eigenvalue weighted by Gasteiger charge is -2.18. The van der Waals surface area contributed by atoms with Crippen LogP contribution in [0.3, 0.4) is 0 Å². The Balaban J connectivity index is 2.70. The van der Waals surface area contributed by atoms with Crippen LogP contribution in [0.4, 0.5) is 0 Å². The summed E-state index contributed by atoms with van der Waals surface area (Å²) in [6, 6.07) is 0.396. The van der Waals surface area contributed by atoms with E-state index in [4.69, 9.17) is 16.6 Å². The van der Waals surface area contributed by atoms with Gasteiger partial charge in [0, 0.05) is 12.6 Å². The highest BCUT2D eigenvalue weighted by Crippen LogP contribution is 2.31. The van der Waals surface area contributed by atoms with Crippen LogP contribution in [0.15, 0.2) is 0 Å². The second kappa shape index (κ2) is 5.53. The third-order valence-electron chi connectivity index (χ3n) is 3.57. The molecule has 0 aliphatic carbocycles. The molecule has 2 heterocycles. The van der Waals surface area contributed by atoms with Crippen LogP contribution in [-0.4, -0.2) is 19.3 Å². The van der Waals surface area contributed by atoms with Crippen molar-refractivity contribution < 1.29 is 0 Å². The predicted molar refractivity (Wildman–Crippen MR) is 79.8 cm³/mol. The van der Waals surface area contributed by atoms with E-state index in [9.17, 15) is 0 Å². The number of hydrogen-bond acceptors (Lipinski definition) is 2. The Labute approximate surface area is 119 Å². The summed E-state index contributed by atoms with van der Waals surface area (Å²) in [5, 5.41) is 4.48. The van der Waals surface area contributed by atoms with Gasteiger partial charge in [-0.05, 0) is 34.1 Å². The third kappa shape index (κ3) is 2.38. The van der Waals surface area contributed by atoms with E-state index in [1.165, 1.54) is 0 Å². The highest BCUT2D eigenvalue weighted by atomic mass is 35.5. The van der Waals surface area contributed by atoms with Crippen molar-refractivity contribution in [2.24, 2.45) is 0 Å². The molecule has 0 N–H and O–H groups in total. The Morgan fingerprint density at radius 1 is 1.26 bits per heavy atom. The molecule has 2 rings (SSSR count). The van der Waals surface area contributed by atoms with E-state index < -0.39 is 0 Å². The summed E-state index contributed by atoms with van der Waals surface area (Å²) in [6.07, 6.45) is 2.27. The molecule has 0 bridgehead atoms. The molecule has 2 aromatic rings. The minimum Gasteiger partial charge on any atom is -0.309 e. The van der Waals surface area contributed by atoms with Gasteiger partial charge in [0.15, 0.2) is 5.65 Å². The van der Waals surface area contributed by atoms with Gasteiger partial charge in [0.05, 0.1) is 11.1 Å². The van der Waals surface area contributed by atoms with Crippen LogP contribution in [0.2, 0.25) is 0 Å². The molecule has 0 aromatic carbocycles. The van der Waals surface area contributed by atoms with E-state index in [-0.39, 0.29) is 5.38 Å². The van der Waals surface area contributed by atoms with Crippen molar-refractivity contribution in [3.63, 3.8) is 0 Å². The van der Waals surface area contributed by atoms with Gasteiger partial charge in [0.1, 0.15) is 11.3 Å². The van der Waals surface area contributed by atoms with Crippen molar-refractivity contribution in [3.05, 3.63) is 11.5 Å². The second-order valence-electron chi connectivity index (χ2n) is 5.17. The lowest BCUT2D eigenvalue weighted by Crippen LogP contribution is -2.13. The maximum Gasteiger partial charge on any atom is 0.159 e. The maximum atomic E-state index is 6.32. The van der Waals surface area contributed by atoms with Gasteiger partial charge in [-0.15, -0.1) is 11.6 Å². The van der Waals surface area contributed by atoms with E-state index in [1.54, 1.807) is 0 Å². The number of nitrogens with zero attached hydrogens (tertiary/aromatic N) is 4. The molecule has 5 heteroatoms. The van der Waals surface area contributed by atoms with Crippen molar-refractivity contribution in [2.45, 2.75) is 65.4 Å². The molecule has 0 radical (unpaired) electrons. The number of hydrogen-bond donors (Lipinski definition) is 0. The van der Waals surface area contributed by atoms with E-state index in [1.807, 2.05) is 18.5 Å². The van der Waals surface area contributed by atoms with Gasteiger partial charge in [-0.2, -0.15) is 5.10 Å². The van der Waals surface area contributed by atoms with Gasteiger partial charge < -0.3 is 4.57 Å². The van der Waals surface area contributed by atoms with Crippen molar-refractivity contribution in [1.82, 2.24) is 19.3 Å². The summed E-state index contributed by atoms with van der Waals surface area (Å²) in [7, 11) is 0. The van der Waals surface area contributed by atoms with Crippen molar-refractivity contribution in [1.29, 1.82) is 0 Å². The molecule has 0 fully saturated rings. The smallest absolute Gasteiger partial charge is 0.159 e. The van der Waals surface area contributed by atoms with Crippen molar-refractivity contribution >= 4 is 22.8 Å². The summed E-state index contributed by atoms with van der Waals surface area (Å²) >= 11 is 6.32. The molecule has 0 aliphatic rings. The average molecular weight is 283 g/mol. The van der Waals surface area contributed by atoms with Crippen LogP contribution < -0.4 is 0 Å². The number of rotatable bonds is 5.